The zero-order valence-electron chi connectivity index (χ0n) is 10.6. The molecule has 0 saturated carbocycles. The highest BCUT2D eigenvalue weighted by atomic mass is 19.1. The average Bonchev–Trinajstić information content (AvgIpc) is 2.37. The Morgan fingerprint density at radius 3 is 2.53 bits per heavy atom. The molecule has 0 radical (unpaired) electrons. The van der Waals surface area contributed by atoms with Crippen molar-refractivity contribution >= 4 is 17.5 Å². The molecule has 0 spiro atoms. The lowest BCUT2D eigenvalue weighted by Crippen LogP contribution is -2.22. The first-order valence-electron chi connectivity index (χ1n) is 5.73. The number of halogens is 1. The third-order valence-electron chi connectivity index (χ3n) is 2.77. The van der Waals surface area contributed by atoms with Crippen LogP contribution in [-0.2, 0) is 9.59 Å². The van der Waals surface area contributed by atoms with Gasteiger partial charge in [0.2, 0.25) is 0 Å². The van der Waals surface area contributed by atoms with Gasteiger partial charge in [-0.1, -0.05) is 0 Å². The highest BCUT2D eigenvalue weighted by molar-refractivity contribution is 6.10. The maximum absolute atomic E-state index is 13.3. The molecule has 1 N–H and O–H groups in total. The Bertz CT molecular complexity index is 527. The van der Waals surface area contributed by atoms with Gasteiger partial charge in [0.25, 0.3) is 0 Å². The summed E-state index contributed by atoms with van der Waals surface area (Å²) in [5, 5.41) is 8.47. The summed E-state index contributed by atoms with van der Waals surface area (Å²) in [4.78, 5) is 37.6. The lowest BCUT2D eigenvalue weighted by Gasteiger charge is -2.09. The first-order valence-corrected chi connectivity index (χ1v) is 5.73. The van der Waals surface area contributed by atoms with Crippen molar-refractivity contribution < 1.29 is 23.9 Å². The number of nitrogens with zero attached hydrogens (tertiary/aromatic N) is 1. The second-order valence-corrected chi connectivity index (χ2v) is 4.24. The van der Waals surface area contributed by atoms with E-state index in [1.165, 1.54) is 20.0 Å². The van der Waals surface area contributed by atoms with Crippen LogP contribution in [0.5, 0.6) is 0 Å². The van der Waals surface area contributed by atoms with Gasteiger partial charge in [0, 0.05) is 18.2 Å². The van der Waals surface area contributed by atoms with E-state index in [0.29, 0.717) is 0 Å². The molecule has 0 saturated heterocycles. The van der Waals surface area contributed by atoms with Gasteiger partial charge in [-0.3, -0.25) is 19.4 Å². The van der Waals surface area contributed by atoms with E-state index in [1.54, 1.807) is 0 Å². The summed E-state index contributed by atoms with van der Waals surface area (Å²) < 4.78 is 13.3. The van der Waals surface area contributed by atoms with Crippen LogP contribution < -0.4 is 0 Å². The zero-order chi connectivity index (χ0) is 14.6. The normalized spacial score (nSPS) is 11.9. The fraction of sp³-hybridized carbons (Fsp3) is 0.385. The van der Waals surface area contributed by atoms with Crippen molar-refractivity contribution in [2.24, 2.45) is 5.92 Å². The maximum atomic E-state index is 13.3. The molecule has 0 aliphatic rings. The van der Waals surface area contributed by atoms with E-state index in [-0.39, 0.29) is 24.1 Å². The van der Waals surface area contributed by atoms with Crippen molar-refractivity contribution in [2.45, 2.75) is 26.7 Å². The number of Topliss-reactive ketones (excluding diaryl/α,β-unsaturated/α-hetero) is 2. The van der Waals surface area contributed by atoms with Gasteiger partial charge in [0.15, 0.2) is 5.78 Å². The molecular weight excluding hydrogens is 253 g/mol. The summed E-state index contributed by atoms with van der Waals surface area (Å²) in [5.74, 6) is -3.74. The molecule has 0 aliphatic carbocycles. The standard InChI is InChI=1S/C13H14FNO4/c1-7(11(16)3-4-12(17)18)13(19)9-5-10(14)8(2)15-6-9/h5-7H,3-4H2,1-2H3,(H,17,18). The van der Waals surface area contributed by atoms with Crippen LogP contribution in [0.4, 0.5) is 4.39 Å². The predicted molar refractivity (Wildman–Crippen MR) is 64.3 cm³/mol. The molecule has 0 bridgehead atoms. The number of aryl methyl sites for hydroxylation is 1. The smallest absolute Gasteiger partial charge is 0.303 e. The van der Waals surface area contributed by atoms with Crippen molar-refractivity contribution in [3.63, 3.8) is 0 Å². The van der Waals surface area contributed by atoms with Crippen LogP contribution in [0.15, 0.2) is 12.3 Å². The Labute approximate surface area is 109 Å². The SMILES string of the molecule is Cc1ncc(C(=O)C(C)C(=O)CCC(=O)O)cc1F. The largest absolute Gasteiger partial charge is 0.481 e. The van der Waals surface area contributed by atoms with Crippen molar-refractivity contribution in [3.8, 4) is 0 Å². The van der Waals surface area contributed by atoms with Gasteiger partial charge >= 0.3 is 5.97 Å². The van der Waals surface area contributed by atoms with Crippen LogP contribution >= 0.6 is 0 Å². The average molecular weight is 267 g/mol. The van der Waals surface area contributed by atoms with Gasteiger partial charge in [0.05, 0.1) is 18.0 Å². The topological polar surface area (TPSA) is 84.3 Å². The third kappa shape index (κ3) is 3.94. The van der Waals surface area contributed by atoms with Crippen LogP contribution in [0.2, 0.25) is 0 Å². The summed E-state index contributed by atoms with van der Waals surface area (Å²) >= 11 is 0. The number of hydrogen-bond donors (Lipinski definition) is 1. The molecule has 1 unspecified atom stereocenters. The highest BCUT2D eigenvalue weighted by Crippen LogP contribution is 2.14. The van der Waals surface area contributed by atoms with Crippen LogP contribution in [0.25, 0.3) is 0 Å². The summed E-state index contributed by atoms with van der Waals surface area (Å²) in [5.41, 5.74) is 0.181. The summed E-state index contributed by atoms with van der Waals surface area (Å²) in [7, 11) is 0. The Morgan fingerprint density at radius 2 is 2.00 bits per heavy atom. The molecule has 5 nitrogen and oxygen atoms in total. The summed E-state index contributed by atoms with van der Waals surface area (Å²) in [6.07, 6.45) is 0.669. The Kier molecular flexibility index (Phi) is 4.86. The molecular formula is C13H14FNO4. The van der Waals surface area contributed by atoms with Crippen LogP contribution in [-0.4, -0.2) is 27.6 Å². The zero-order valence-corrected chi connectivity index (χ0v) is 10.6. The Hall–Kier alpha value is -2.11. The van der Waals surface area contributed by atoms with Gasteiger partial charge in [0.1, 0.15) is 11.6 Å². The first kappa shape index (κ1) is 14.9. The fourth-order valence-electron chi connectivity index (χ4n) is 1.48. The second-order valence-electron chi connectivity index (χ2n) is 4.24. The third-order valence-corrected chi connectivity index (χ3v) is 2.77. The lowest BCUT2D eigenvalue weighted by atomic mass is 9.94. The van der Waals surface area contributed by atoms with Crippen LogP contribution in [0.1, 0.15) is 35.8 Å². The Balaban J connectivity index is 2.78. The van der Waals surface area contributed by atoms with Crippen molar-refractivity contribution in [1.82, 2.24) is 4.98 Å². The number of pyridine rings is 1. The van der Waals surface area contributed by atoms with E-state index < -0.39 is 29.3 Å². The molecule has 1 aromatic heterocycles. The Morgan fingerprint density at radius 1 is 1.37 bits per heavy atom. The number of carboxylic acid groups (broad SMARTS) is 1. The van der Waals surface area contributed by atoms with Gasteiger partial charge in [-0.25, -0.2) is 4.39 Å². The van der Waals surface area contributed by atoms with E-state index in [4.69, 9.17) is 5.11 Å². The molecule has 1 atom stereocenters. The minimum Gasteiger partial charge on any atom is -0.481 e. The molecule has 1 heterocycles. The molecule has 6 heteroatoms. The number of ketones is 2. The van der Waals surface area contributed by atoms with E-state index in [9.17, 15) is 18.8 Å². The summed E-state index contributed by atoms with van der Waals surface area (Å²) in [6, 6.07) is 1.03. The van der Waals surface area contributed by atoms with E-state index in [0.717, 1.165) is 6.07 Å². The van der Waals surface area contributed by atoms with E-state index >= 15 is 0 Å². The van der Waals surface area contributed by atoms with Gasteiger partial charge in [-0.05, 0) is 19.9 Å². The molecule has 0 amide bonds. The number of hydrogen-bond acceptors (Lipinski definition) is 4. The highest BCUT2D eigenvalue weighted by Gasteiger charge is 2.23. The first-order chi connectivity index (χ1) is 8.82. The van der Waals surface area contributed by atoms with Gasteiger partial charge < -0.3 is 5.11 Å². The number of rotatable bonds is 6. The summed E-state index contributed by atoms with van der Waals surface area (Å²) in [6.45, 7) is 2.84. The van der Waals surface area contributed by atoms with Gasteiger partial charge in [-0.2, -0.15) is 0 Å². The van der Waals surface area contributed by atoms with E-state index in [2.05, 4.69) is 4.98 Å². The second kappa shape index (κ2) is 6.17. The number of carboxylic acids is 1. The molecule has 1 aromatic rings. The fourth-order valence-corrected chi connectivity index (χ4v) is 1.48. The quantitative estimate of drug-likeness (QED) is 0.627. The molecule has 0 aromatic carbocycles. The number of carbonyl (C=O) groups is 3. The molecule has 0 aliphatic heterocycles. The van der Waals surface area contributed by atoms with Crippen molar-refractivity contribution in [3.05, 3.63) is 29.3 Å². The maximum Gasteiger partial charge on any atom is 0.303 e. The minimum absolute atomic E-state index is 0.0132. The van der Waals surface area contributed by atoms with Crippen LogP contribution in [0, 0.1) is 18.7 Å². The molecule has 19 heavy (non-hydrogen) atoms. The molecule has 1 rings (SSSR count). The number of carbonyl (C=O) groups excluding carboxylic acids is 2. The molecule has 102 valence electrons. The minimum atomic E-state index is -1.10. The van der Waals surface area contributed by atoms with Crippen molar-refractivity contribution in [2.75, 3.05) is 0 Å². The van der Waals surface area contributed by atoms with Gasteiger partial charge in [-0.15, -0.1) is 0 Å². The molecule has 0 fully saturated rings. The predicted octanol–water partition coefficient (Wildman–Crippen LogP) is 1.78. The lowest BCUT2D eigenvalue weighted by molar-refractivity contribution is -0.138. The number of aliphatic carboxylic acids is 1. The van der Waals surface area contributed by atoms with Crippen molar-refractivity contribution in [1.29, 1.82) is 0 Å². The van der Waals surface area contributed by atoms with Crippen LogP contribution in [0.3, 0.4) is 0 Å². The van der Waals surface area contributed by atoms with E-state index in [1.807, 2.05) is 0 Å². The number of aromatic nitrogens is 1. The monoisotopic (exact) mass is 267 g/mol.